The molecule has 1 heterocycles. The summed E-state index contributed by atoms with van der Waals surface area (Å²) in [5.41, 5.74) is 0. The second-order valence-corrected chi connectivity index (χ2v) is 3.74. The molecule has 0 aliphatic rings. The van der Waals surface area contributed by atoms with Gasteiger partial charge in [-0.05, 0) is 12.3 Å². The van der Waals surface area contributed by atoms with Gasteiger partial charge in [-0.25, -0.2) is 4.98 Å². The summed E-state index contributed by atoms with van der Waals surface area (Å²) in [6.07, 6.45) is 7.60. The SMILES string of the molecule is CCCC(C)Cn1ccnc1CC. The summed E-state index contributed by atoms with van der Waals surface area (Å²) in [5.74, 6) is 1.98. The van der Waals surface area contributed by atoms with Gasteiger partial charge < -0.3 is 4.57 Å². The molecule has 13 heavy (non-hydrogen) atoms. The average molecular weight is 180 g/mol. The Balaban J connectivity index is 2.52. The maximum absolute atomic E-state index is 4.31. The first-order chi connectivity index (χ1) is 6.27. The monoisotopic (exact) mass is 180 g/mol. The maximum atomic E-state index is 4.31. The first-order valence-corrected chi connectivity index (χ1v) is 5.27. The van der Waals surface area contributed by atoms with E-state index in [2.05, 4.69) is 36.5 Å². The standard InChI is InChI=1S/C11H20N2/c1-4-6-10(3)9-13-8-7-12-11(13)5-2/h7-8,10H,4-6,9H2,1-3H3. The predicted molar refractivity (Wildman–Crippen MR) is 55.7 cm³/mol. The first kappa shape index (κ1) is 10.3. The molecule has 1 aromatic rings. The quantitative estimate of drug-likeness (QED) is 0.681. The predicted octanol–water partition coefficient (Wildman–Crippen LogP) is 2.88. The van der Waals surface area contributed by atoms with Crippen LogP contribution in [0.15, 0.2) is 12.4 Å². The van der Waals surface area contributed by atoms with Crippen molar-refractivity contribution < 1.29 is 0 Å². The van der Waals surface area contributed by atoms with E-state index >= 15 is 0 Å². The molecule has 0 spiro atoms. The van der Waals surface area contributed by atoms with Crippen LogP contribution in [0.1, 0.15) is 39.4 Å². The second kappa shape index (κ2) is 5.05. The van der Waals surface area contributed by atoms with Gasteiger partial charge in [-0.2, -0.15) is 0 Å². The highest BCUT2D eigenvalue weighted by atomic mass is 15.1. The highest BCUT2D eigenvalue weighted by Gasteiger charge is 2.04. The zero-order valence-corrected chi connectivity index (χ0v) is 8.95. The molecule has 0 radical (unpaired) electrons. The third kappa shape index (κ3) is 2.87. The molecule has 0 aromatic carbocycles. The fraction of sp³-hybridized carbons (Fsp3) is 0.727. The molecule has 0 bridgehead atoms. The van der Waals surface area contributed by atoms with Gasteiger partial charge in [0.25, 0.3) is 0 Å². The number of hydrogen-bond donors (Lipinski definition) is 0. The molecule has 1 unspecified atom stereocenters. The molecule has 2 heteroatoms. The van der Waals surface area contributed by atoms with Crippen LogP contribution in [-0.2, 0) is 13.0 Å². The van der Waals surface area contributed by atoms with Crippen molar-refractivity contribution in [3.63, 3.8) is 0 Å². The molecule has 0 aliphatic heterocycles. The van der Waals surface area contributed by atoms with Crippen molar-refractivity contribution in [3.8, 4) is 0 Å². The van der Waals surface area contributed by atoms with E-state index in [0.29, 0.717) is 0 Å². The van der Waals surface area contributed by atoms with Gasteiger partial charge >= 0.3 is 0 Å². The van der Waals surface area contributed by atoms with Gasteiger partial charge in [-0.1, -0.05) is 27.2 Å². The summed E-state index contributed by atoms with van der Waals surface area (Å²) in [6, 6.07) is 0. The van der Waals surface area contributed by atoms with Crippen LogP contribution in [0, 0.1) is 5.92 Å². The smallest absolute Gasteiger partial charge is 0.108 e. The minimum atomic E-state index is 0.768. The van der Waals surface area contributed by atoms with Crippen LogP contribution in [-0.4, -0.2) is 9.55 Å². The van der Waals surface area contributed by atoms with Crippen molar-refractivity contribution in [2.45, 2.75) is 46.6 Å². The van der Waals surface area contributed by atoms with Gasteiger partial charge in [0.15, 0.2) is 0 Å². The summed E-state index contributed by atoms with van der Waals surface area (Å²) in [4.78, 5) is 4.31. The van der Waals surface area contributed by atoms with Gasteiger partial charge in [0.2, 0.25) is 0 Å². The normalized spacial score (nSPS) is 13.2. The Bertz CT molecular complexity index is 240. The lowest BCUT2D eigenvalue weighted by molar-refractivity contribution is 0.437. The molecule has 1 aromatic heterocycles. The van der Waals surface area contributed by atoms with E-state index in [9.17, 15) is 0 Å². The molecule has 2 nitrogen and oxygen atoms in total. The Morgan fingerprint density at radius 3 is 2.85 bits per heavy atom. The van der Waals surface area contributed by atoms with E-state index in [0.717, 1.165) is 18.9 Å². The second-order valence-electron chi connectivity index (χ2n) is 3.74. The summed E-state index contributed by atoms with van der Waals surface area (Å²) in [6.45, 7) is 7.83. The maximum Gasteiger partial charge on any atom is 0.108 e. The van der Waals surface area contributed by atoms with Crippen LogP contribution < -0.4 is 0 Å². The van der Waals surface area contributed by atoms with Gasteiger partial charge in [0.05, 0.1) is 0 Å². The highest BCUT2D eigenvalue weighted by Crippen LogP contribution is 2.10. The third-order valence-electron chi connectivity index (χ3n) is 2.41. The van der Waals surface area contributed by atoms with Crippen molar-refractivity contribution in [1.82, 2.24) is 9.55 Å². The Hall–Kier alpha value is -0.790. The average Bonchev–Trinajstić information content (AvgIpc) is 2.52. The molecule has 0 N–H and O–H groups in total. The van der Waals surface area contributed by atoms with Crippen LogP contribution >= 0.6 is 0 Å². The molecule has 0 saturated heterocycles. The summed E-state index contributed by atoms with van der Waals surface area (Å²) < 4.78 is 2.28. The van der Waals surface area contributed by atoms with Crippen molar-refractivity contribution in [2.75, 3.05) is 0 Å². The van der Waals surface area contributed by atoms with E-state index in [1.165, 1.54) is 18.7 Å². The molecule has 0 saturated carbocycles. The van der Waals surface area contributed by atoms with E-state index in [4.69, 9.17) is 0 Å². The molecule has 0 amide bonds. The van der Waals surface area contributed by atoms with E-state index in [-0.39, 0.29) is 0 Å². The topological polar surface area (TPSA) is 17.8 Å². The minimum absolute atomic E-state index is 0.768. The van der Waals surface area contributed by atoms with Crippen LogP contribution in [0.25, 0.3) is 0 Å². The van der Waals surface area contributed by atoms with E-state index < -0.39 is 0 Å². The van der Waals surface area contributed by atoms with E-state index in [1.54, 1.807) is 0 Å². The molecule has 0 fully saturated rings. The van der Waals surface area contributed by atoms with E-state index in [1.807, 2.05) is 6.20 Å². The summed E-state index contributed by atoms with van der Waals surface area (Å²) in [7, 11) is 0. The molecule has 1 rings (SSSR count). The lowest BCUT2D eigenvalue weighted by atomic mass is 10.1. The minimum Gasteiger partial charge on any atom is -0.335 e. The number of aryl methyl sites for hydroxylation is 1. The van der Waals surface area contributed by atoms with Gasteiger partial charge in [0, 0.05) is 25.4 Å². The van der Waals surface area contributed by atoms with Crippen molar-refractivity contribution in [2.24, 2.45) is 5.92 Å². The third-order valence-corrected chi connectivity index (χ3v) is 2.41. The lowest BCUT2D eigenvalue weighted by Gasteiger charge is -2.12. The molecule has 0 aliphatic carbocycles. The van der Waals surface area contributed by atoms with Crippen LogP contribution in [0.2, 0.25) is 0 Å². The van der Waals surface area contributed by atoms with Crippen LogP contribution in [0.4, 0.5) is 0 Å². The Kier molecular flexibility index (Phi) is 4.00. The van der Waals surface area contributed by atoms with Gasteiger partial charge in [-0.3, -0.25) is 0 Å². The Labute approximate surface area is 81.0 Å². The Morgan fingerprint density at radius 2 is 2.23 bits per heavy atom. The lowest BCUT2D eigenvalue weighted by Crippen LogP contribution is -2.09. The largest absolute Gasteiger partial charge is 0.335 e. The van der Waals surface area contributed by atoms with Crippen molar-refractivity contribution >= 4 is 0 Å². The molecule has 1 atom stereocenters. The molecular formula is C11H20N2. The summed E-state index contributed by atoms with van der Waals surface area (Å²) >= 11 is 0. The fourth-order valence-electron chi connectivity index (χ4n) is 1.74. The summed E-state index contributed by atoms with van der Waals surface area (Å²) in [5, 5.41) is 0. The fourth-order valence-corrected chi connectivity index (χ4v) is 1.74. The molecule has 74 valence electrons. The van der Waals surface area contributed by atoms with Crippen LogP contribution in [0.5, 0.6) is 0 Å². The first-order valence-electron chi connectivity index (χ1n) is 5.27. The number of nitrogens with zero attached hydrogens (tertiary/aromatic N) is 2. The number of hydrogen-bond acceptors (Lipinski definition) is 1. The van der Waals surface area contributed by atoms with Gasteiger partial charge in [-0.15, -0.1) is 0 Å². The zero-order valence-electron chi connectivity index (χ0n) is 8.95. The highest BCUT2D eigenvalue weighted by molar-refractivity contribution is 4.91. The number of aromatic nitrogens is 2. The van der Waals surface area contributed by atoms with Crippen molar-refractivity contribution in [1.29, 1.82) is 0 Å². The Morgan fingerprint density at radius 1 is 1.46 bits per heavy atom. The van der Waals surface area contributed by atoms with Crippen LogP contribution in [0.3, 0.4) is 0 Å². The van der Waals surface area contributed by atoms with Crippen molar-refractivity contribution in [3.05, 3.63) is 18.2 Å². The van der Waals surface area contributed by atoms with Gasteiger partial charge in [0.1, 0.15) is 5.82 Å². The zero-order chi connectivity index (χ0) is 9.68. The number of imidazole rings is 1. The number of rotatable bonds is 5. The molecular weight excluding hydrogens is 160 g/mol.